The van der Waals surface area contributed by atoms with E-state index in [2.05, 4.69) is 0 Å². The zero-order valence-electron chi connectivity index (χ0n) is 6.53. The minimum Gasteiger partial charge on any atom is -0.477 e. The molecule has 0 bridgehead atoms. The monoisotopic (exact) mass is 173 g/mol. The molecular formula is C7H11NO4. The molecule has 68 valence electrons. The van der Waals surface area contributed by atoms with Crippen LogP contribution in [0.15, 0.2) is 0 Å². The lowest BCUT2D eigenvalue weighted by atomic mass is 10.1. The average molecular weight is 173 g/mol. The van der Waals surface area contributed by atoms with E-state index in [1.807, 2.05) is 6.07 Å². The van der Waals surface area contributed by atoms with Crippen molar-refractivity contribution in [3.8, 4) is 6.07 Å². The molecule has 0 amide bonds. The molecule has 0 aliphatic carbocycles. The molecule has 0 atom stereocenters. The Morgan fingerprint density at radius 3 is 2.42 bits per heavy atom. The second-order valence-electron chi connectivity index (χ2n) is 2.49. The van der Waals surface area contributed by atoms with Gasteiger partial charge >= 0.3 is 5.97 Å². The van der Waals surface area contributed by atoms with Crippen molar-refractivity contribution in [1.29, 1.82) is 5.26 Å². The van der Waals surface area contributed by atoms with Gasteiger partial charge in [0, 0.05) is 12.8 Å². The molecule has 0 saturated heterocycles. The maximum atomic E-state index is 10.1. The third-order valence-electron chi connectivity index (χ3n) is 1.41. The fourth-order valence-electron chi connectivity index (χ4n) is 0.682. The number of hydrogen-bond donors (Lipinski definition) is 3. The number of rotatable bonds is 5. The van der Waals surface area contributed by atoms with Gasteiger partial charge in [0.15, 0.2) is 0 Å². The van der Waals surface area contributed by atoms with E-state index in [0.717, 1.165) is 0 Å². The van der Waals surface area contributed by atoms with Crippen LogP contribution in [0.2, 0.25) is 0 Å². The lowest BCUT2D eigenvalue weighted by Crippen LogP contribution is -2.37. The number of carbonyl (C=O) groups is 1. The number of hydrogen-bond acceptors (Lipinski definition) is 4. The quantitative estimate of drug-likeness (QED) is 0.396. The largest absolute Gasteiger partial charge is 0.477 e. The molecule has 0 saturated carbocycles. The molecule has 5 nitrogen and oxygen atoms in total. The third kappa shape index (κ3) is 3.91. The van der Waals surface area contributed by atoms with Crippen LogP contribution in [0.5, 0.6) is 0 Å². The van der Waals surface area contributed by atoms with E-state index in [-0.39, 0.29) is 6.42 Å². The summed E-state index contributed by atoms with van der Waals surface area (Å²) in [6, 6.07) is 1.87. The molecule has 0 aromatic rings. The molecule has 0 spiro atoms. The highest BCUT2D eigenvalue weighted by molar-refractivity contribution is 5.74. The minimum atomic E-state index is -2.64. The molecule has 12 heavy (non-hydrogen) atoms. The third-order valence-corrected chi connectivity index (χ3v) is 1.41. The molecule has 0 aliphatic rings. The van der Waals surface area contributed by atoms with Crippen molar-refractivity contribution < 1.29 is 20.1 Å². The van der Waals surface area contributed by atoms with Crippen LogP contribution in [0.3, 0.4) is 0 Å². The highest BCUT2D eigenvalue weighted by Crippen LogP contribution is 2.11. The van der Waals surface area contributed by atoms with E-state index >= 15 is 0 Å². The summed E-state index contributed by atoms with van der Waals surface area (Å²) in [6.07, 6.45) is 0.846. The molecule has 0 radical (unpaired) electrons. The molecular weight excluding hydrogens is 162 g/mol. The normalized spacial score (nSPS) is 10.8. The van der Waals surface area contributed by atoms with Gasteiger partial charge in [0.05, 0.1) is 6.07 Å². The van der Waals surface area contributed by atoms with Crippen LogP contribution in [-0.2, 0) is 4.79 Å². The Labute approximate surface area is 69.9 Å². The summed E-state index contributed by atoms with van der Waals surface area (Å²) in [5.74, 6) is -4.30. The molecule has 0 heterocycles. The van der Waals surface area contributed by atoms with Crippen molar-refractivity contribution in [2.75, 3.05) is 0 Å². The Hall–Kier alpha value is -1.12. The topological polar surface area (TPSA) is 102 Å². The molecule has 3 N–H and O–H groups in total. The highest BCUT2D eigenvalue weighted by atomic mass is 16.5. The fourth-order valence-corrected chi connectivity index (χ4v) is 0.682. The first kappa shape index (κ1) is 10.9. The molecule has 0 fully saturated rings. The second kappa shape index (κ2) is 4.70. The number of nitrogens with zero attached hydrogens (tertiary/aromatic N) is 1. The molecule has 5 heteroatoms. The van der Waals surface area contributed by atoms with Gasteiger partial charge < -0.3 is 15.3 Å². The van der Waals surface area contributed by atoms with E-state index in [9.17, 15) is 4.79 Å². The summed E-state index contributed by atoms with van der Waals surface area (Å²) in [7, 11) is 0. The second-order valence-corrected chi connectivity index (χ2v) is 2.49. The fraction of sp³-hybridized carbons (Fsp3) is 0.714. The van der Waals surface area contributed by atoms with Gasteiger partial charge in [-0.15, -0.1) is 0 Å². The SMILES string of the molecule is N#CCCCCC(O)(O)C(=O)O. The van der Waals surface area contributed by atoms with E-state index in [4.69, 9.17) is 20.6 Å². The molecule has 0 aliphatic heterocycles. The maximum Gasteiger partial charge on any atom is 0.364 e. The number of carboxylic acid groups (broad SMARTS) is 1. The van der Waals surface area contributed by atoms with Gasteiger partial charge in [-0.25, -0.2) is 4.79 Å². The van der Waals surface area contributed by atoms with Crippen LogP contribution in [0, 0.1) is 11.3 Å². The van der Waals surface area contributed by atoms with Gasteiger partial charge in [0.1, 0.15) is 0 Å². The number of aliphatic hydroxyl groups is 2. The summed E-state index contributed by atoms with van der Waals surface area (Å²) < 4.78 is 0. The summed E-state index contributed by atoms with van der Waals surface area (Å²) >= 11 is 0. The van der Waals surface area contributed by atoms with E-state index < -0.39 is 11.8 Å². The predicted octanol–water partition coefficient (Wildman–Crippen LogP) is -0.164. The Balaban J connectivity index is 3.63. The van der Waals surface area contributed by atoms with Gasteiger partial charge in [-0.2, -0.15) is 5.26 Å². The number of aliphatic carboxylic acids is 1. The van der Waals surface area contributed by atoms with E-state index in [1.54, 1.807) is 0 Å². The van der Waals surface area contributed by atoms with Gasteiger partial charge in [-0.1, -0.05) is 0 Å². The summed E-state index contributed by atoms with van der Waals surface area (Å²) in [6.45, 7) is 0. The van der Waals surface area contributed by atoms with Crippen LogP contribution in [0.25, 0.3) is 0 Å². The number of unbranched alkanes of at least 4 members (excludes halogenated alkanes) is 2. The first-order valence-electron chi connectivity index (χ1n) is 3.56. The van der Waals surface area contributed by atoms with Gasteiger partial charge in [-0.05, 0) is 12.8 Å². The van der Waals surface area contributed by atoms with Crippen LogP contribution in [0.4, 0.5) is 0 Å². The van der Waals surface area contributed by atoms with E-state index in [0.29, 0.717) is 19.3 Å². The molecule has 0 aromatic heterocycles. The van der Waals surface area contributed by atoms with Crippen molar-refractivity contribution in [2.45, 2.75) is 31.5 Å². The smallest absolute Gasteiger partial charge is 0.364 e. The molecule has 0 rings (SSSR count). The Morgan fingerprint density at radius 2 is 2.00 bits per heavy atom. The number of nitriles is 1. The van der Waals surface area contributed by atoms with Crippen LogP contribution >= 0.6 is 0 Å². The Bertz CT molecular complexity index is 194. The molecule has 0 aromatic carbocycles. The van der Waals surface area contributed by atoms with Crippen LogP contribution in [0.1, 0.15) is 25.7 Å². The van der Waals surface area contributed by atoms with Crippen molar-refractivity contribution in [3.63, 3.8) is 0 Å². The first-order chi connectivity index (χ1) is 5.50. The highest BCUT2D eigenvalue weighted by Gasteiger charge is 2.31. The predicted molar refractivity (Wildman–Crippen MR) is 38.9 cm³/mol. The van der Waals surface area contributed by atoms with Crippen molar-refractivity contribution >= 4 is 5.97 Å². The minimum absolute atomic E-state index is 0.246. The Kier molecular flexibility index (Phi) is 4.26. The van der Waals surface area contributed by atoms with Crippen molar-refractivity contribution in [1.82, 2.24) is 0 Å². The van der Waals surface area contributed by atoms with Crippen LogP contribution < -0.4 is 0 Å². The maximum absolute atomic E-state index is 10.1. The first-order valence-corrected chi connectivity index (χ1v) is 3.56. The lowest BCUT2D eigenvalue weighted by molar-refractivity contribution is -0.205. The summed E-state index contributed by atoms with van der Waals surface area (Å²) in [4.78, 5) is 10.1. The number of carboxylic acids is 1. The van der Waals surface area contributed by atoms with Crippen LogP contribution in [-0.4, -0.2) is 27.1 Å². The lowest BCUT2D eigenvalue weighted by Gasteiger charge is -2.14. The zero-order valence-corrected chi connectivity index (χ0v) is 6.53. The van der Waals surface area contributed by atoms with Gasteiger partial charge in [0.25, 0.3) is 5.79 Å². The van der Waals surface area contributed by atoms with Crippen molar-refractivity contribution in [3.05, 3.63) is 0 Å². The Morgan fingerprint density at radius 1 is 1.42 bits per heavy atom. The van der Waals surface area contributed by atoms with Crippen molar-refractivity contribution in [2.24, 2.45) is 0 Å². The zero-order chi connectivity index (χ0) is 9.61. The average Bonchev–Trinajstić information content (AvgIpc) is 1.98. The molecule has 0 unspecified atom stereocenters. The van der Waals surface area contributed by atoms with E-state index in [1.165, 1.54) is 0 Å². The summed E-state index contributed by atoms with van der Waals surface area (Å²) in [5, 5.41) is 33.9. The standard InChI is InChI=1S/C7H11NO4/c8-5-3-1-2-4-7(11,12)6(9)10/h11-12H,1-4H2,(H,9,10). The van der Waals surface area contributed by atoms with Gasteiger partial charge in [0.2, 0.25) is 0 Å². The summed E-state index contributed by atoms with van der Waals surface area (Å²) in [5.41, 5.74) is 0. The van der Waals surface area contributed by atoms with Gasteiger partial charge in [-0.3, -0.25) is 0 Å².